The monoisotopic (exact) mass is 1130 g/mol. The number of aliphatic hydroxyl groups is 11. The van der Waals surface area contributed by atoms with Gasteiger partial charge in [0.25, 0.3) is 0 Å². The molecule has 448 valence electrons. The third-order valence-corrected chi connectivity index (χ3v) is 20.9. The van der Waals surface area contributed by atoms with Crippen LogP contribution in [0.4, 0.5) is 0 Å². The van der Waals surface area contributed by atoms with Crippen LogP contribution < -0.4 is 0 Å². The van der Waals surface area contributed by atoms with Gasteiger partial charge >= 0.3 is 17.9 Å². The van der Waals surface area contributed by atoms with Gasteiger partial charge in [-0.05, 0) is 114 Å². The summed E-state index contributed by atoms with van der Waals surface area (Å²) in [5, 5.41) is 134. The molecule has 0 radical (unpaired) electrons. The molecule has 8 aliphatic rings. The van der Waals surface area contributed by atoms with E-state index >= 15 is 0 Å². The molecule has 5 aliphatic carbocycles. The number of esters is 2. The fraction of sp³-hybridized carbons (Fsp3) is 0.839. The number of aliphatic hydroxyl groups excluding tert-OH is 10. The lowest BCUT2D eigenvalue weighted by atomic mass is 9.33. The minimum Gasteiger partial charge on any atom is -0.479 e. The molecule has 0 aromatic carbocycles. The summed E-state index contributed by atoms with van der Waals surface area (Å²) in [6.07, 6.45) is -22.8. The van der Waals surface area contributed by atoms with Crippen LogP contribution in [0.15, 0.2) is 34.9 Å². The molecule has 0 aromatic rings. The zero-order valence-electron chi connectivity index (χ0n) is 46.8. The van der Waals surface area contributed by atoms with Crippen molar-refractivity contribution < 1.29 is 114 Å². The smallest absolute Gasteiger partial charge is 0.335 e. The van der Waals surface area contributed by atoms with Gasteiger partial charge in [0.15, 0.2) is 31.1 Å². The lowest BCUT2D eigenvalue weighted by Gasteiger charge is -2.72. The molecule has 79 heavy (non-hydrogen) atoms. The fourth-order valence-electron chi connectivity index (χ4n) is 15.8. The molecule has 3 aliphatic heterocycles. The van der Waals surface area contributed by atoms with Gasteiger partial charge in [-0.3, -0.25) is 0 Å². The Morgan fingerprint density at radius 2 is 1.20 bits per heavy atom. The van der Waals surface area contributed by atoms with Gasteiger partial charge in [0.1, 0.15) is 67.1 Å². The number of carboxylic acids is 1. The van der Waals surface area contributed by atoms with E-state index < -0.39 is 193 Å². The molecule has 3 heterocycles. The Hall–Kier alpha value is -3.05. The number of aliphatic carboxylic acids is 1. The normalized spacial score (nSPS) is 49.8. The van der Waals surface area contributed by atoms with Crippen molar-refractivity contribution in [1.29, 1.82) is 0 Å². The van der Waals surface area contributed by atoms with Crippen molar-refractivity contribution in [2.75, 3.05) is 19.8 Å². The van der Waals surface area contributed by atoms with E-state index in [2.05, 4.69) is 26.8 Å². The van der Waals surface area contributed by atoms with Crippen molar-refractivity contribution in [2.45, 2.75) is 230 Å². The highest BCUT2D eigenvalue weighted by Gasteiger charge is 2.74. The van der Waals surface area contributed by atoms with Crippen LogP contribution in [0, 0.1) is 44.8 Å². The van der Waals surface area contributed by atoms with Gasteiger partial charge in [0.2, 0.25) is 0 Å². The van der Waals surface area contributed by atoms with Crippen molar-refractivity contribution in [3.8, 4) is 0 Å². The average molecular weight is 1130 g/mol. The largest absolute Gasteiger partial charge is 0.479 e. The predicted octanol–water partition coefficient (Wildman–Crippen LogP) is 0.0167. The summed E-state index contributed by atoms with van der Waals surface area (Å²) < 4.78 is 48.6. The van der Waals surface area contributed by atoms with E-state index in [1.807, 2.05) is 13.8 Å². The number of carbonyl (C=O) groups excluding carboxylic acids is 2. The van der Waals surface area contributed by atoms with E-state index in [1.165, 1.54) is 0 Å². The van der Waals surface area contributed by atoms with Gasteiger partial charge in [-0.15, -0.1) is 0 Å². The highest BCUT2D eigenvalue weighted by molar-refractivity contribution is 5.89. The minimum atomic E-state index is -2.17. The number of hydrogen-bond donors (Lipinski definition) is 12. The maximum absolute atomic E-state index is 13.8. The molecule has 26 atom stereocenters. The third-order valence-electron chi connectivity index (χ3n) is 20.9. The van der Waals surface area contributed by atoms with Crippen molar-refractivity contribution in [3.05, 3.63) is 34.9 Å². The molecule has 0 spiro atoms. The van der Waals surface area contributed by atoms with Crippen LogP contribution in [-0.4, -0.2) is 215 Å². The number of carboxylic acid groups (broad SMARTS) is 1. The van der Waals surface area contributed by atoms with E-state index in [0.717, 1.165) is 5.57 Å². The Labute approximate surface area is 460 Å². The highest BCUT2D eigenvalue weighted by atomic mass is 16.8. The molecule has 23 heteroatoms. The Morgan fingerprint density at radius 1 is 0.658 bits per heavy atom. The number of allylic oxidation sites excluding steroid dienone is 4. The molecule has 0 bridgehead atoms. The lowest BCUT2D eigenvalue weighted by molar-refractivity contribution is -0.388. The van der Waals surface area contributed by atoms with E-state index in [4.69, 9.17) is 37.9 Å². The number of fused-ring (bicyclic) bond motifs is 7. The van der Waals surface area contributed by atoms with Crippen molar-refractivity contribution in [1.82, 2.24) is 0 Å². The zero-order chi connectivity index (χ0) is 58.4. The lowest BCUT2D eigenvalue weighted by Crippen LogP contribution is -2.73. The Morgan fingerprint density at radius 3 is 1.75 bits per heavy atom. The van der Waals surface area contributed by atoms with Crippen molar-refractivity contribution in [2.24, 2.45) is 44.8 Å². The molecule has 7 fully saturated rings. The summed E-state index contributed by atoms with van der Waals surface area (Å²) in [5.74, 6) is -4.16. The molecule has 23 nitrogen and oxygen atoms in total. The Bertz CT molecular complexity index is 2350. The van der Waals surface area contributed by atoms with Gasteiger partial charge in [0, 0.05) is 16.6 Å². The summed E-state index contributed by atoms with van der Waals surface area (Å²) in [4.78, 5) is 40.2. The highest BCUT2D eigenvalue weighted by Crippen LogP contribution is 2.75. The summed E-state index contributed by atoms with van der Waals surface area (Å²) in [6, 6.07) is 0. The SMILES string of the molecule is CC=C(C)C(=O)O[C@H]1[C@H](OC(=O)C(C)=CC)[C@]2(CO)[C@H](O)C[C@]3(C)C(=CC[C@@H]4[C@@]5(C)CC[C@H](O[C@@H]6O[C@H](C(=O)O)[C@@H](O)[C@H](O[C@@H]7O[C@@H](CO)[C@H](O)[C@H]7O)[C@H]6O[C@@H]6O[C@H](CO)[C@@H](O)[C@H](O)[C@H]6O)[C@](C)(O)[C@@H]5CC[C@]43C)[C@@H]2CC1(C)C. The van der Waals surface area contributed by atoms with E-state index in [0.29, 0.717) is 43.3 Å². The average Bonchev–Trinajstić information content (AvgIpc) is 3.80. The fourth-order valence-corrected chi connectivity index (χ4v) is 15.8. The zero-order valence-corrected chi connectivity index (χ0v) is 46.8. The number of hydrogen-bond acceptors (Lipinski definition) is 22. The second kappa shape index (κ2) is 22.5. The summed E-state index contributed by atoms with van der Waals surface area (Å²) in [7, 11) is 0. The first-order chi connectivity index (χ1) is 36.9. The maximum Gasteiger partial charge on any atom is 0.335 e. The second-order valence-corrected chi connectivity index (χ2v) is 25.4. The van der Waals surface area contributed by atoms with Gasteiger partial charge in [-0.2, -0.15) is 0 Å². The molecular weight excluding hydrogens is 1040 g/mol. The molecule has 8 rings (SSSR count). The molecule has 0 aromatic heterocycles. The predicted molar refractivity (Wildman–Crippen MR) is 272 cm³/mol. The standard InChI is InChI=1S/C56H86O23/c1-11-24(3)46(69)78-43-44(79-47(70)25(4)12-2)56(23-59)27(19-51(43,5)6)26-13-14-30-52(7)17-16-33(55(10,71)31(52)15-18-53(30,8)54(26,9)20-32(56)60)74-50-42(77-49-38(65)36(63)34(61)28(21-57)72-49)40(39(66)41(76-50)45(67)68)75-48-37(64)35(62)29(22-58)73-48/h11-13,27-44,48-50,57-66,71H,14-23H2,1-10H3,(H,67,68)/t27-,28+,29-,30+,31+,32+,33-,34+,35-,36-,37+,38+,39-,40-,41-,42+,43-,44-,48-,49-,50+,52+,53+,54+,55+,56-/m0/s1. The van der Waals surface area contributed by atoms with Gasteiger partial charge in [0.05, 0.1) is 43.0 Å². The van der Waals surface area contributed by atoms with Crippen LogP contribution in [0.25, 0.3) is 0 Å². The molecule has 3 saturated heterocycles. The molecule has 12 N–H and O–H groups in total. The van der Waals surface area contributed by atoms with E-state index in [1.54, 1.807) is 46.8 Å². The number of carbonyl (C=O) groups is 3. The summed E-state index contributed by atoms with van der Waals surface area (Å²) in [5.41, 5.74) is -4.32. The first-order valence-corrected chi connectivity index (χ1v) is 27.8. The van der Waals surface area contributed by atoms with Crippen LogP contribution in [0.5, 0.6) is 0 Å². The van der Waals surface area contributed by atoms with Gasteiger partial charge < -0.3 is 99.2 Å². The first kappa shape index (κ1) is 62.0. The summed E-state index contributed by atoms with van der Waals surface area (Å²) >= 11 is 0. The molecule has 0 amide bonds. The van der Waals surface area contributed by atoms with Crippen molar-refractivity contribution in [3.63, 3.8) is 0 Å². The number of ether oxygens (including phenoxy) is 8. The van der Waals surface area contributed by atoms with Crippen LogP contribution in [0.3, 0.4) is 0 Å². The van der Waals surface area contributed by atoms with E-state index in [9.17, 15) is 75.7 Å². The number of rotatable bonds is 14. The Kier molecular flexibility index (Phi) is 17.7. The maximum atomic E-state index is 13.8. The van der Waals surface area contributed by atoms with E-state index in [-0.39, 0.29) is 18.8 Å². The Balaban J connectivity index is 1.12. The van der Waals surface area contributed by atoms with Gasteiger partial charge in [-0.25, -0.2) is 14.4 Å². The molecule has 0 unspecified atom stereocenters. The third kappa shape index (κ3) is 9.98. The summed E-state index contributed by atoms with van der Waals surface area (Å²) in [6.45, 7) is 16.4. The quantitative estimate of drug-likeness (QED) is 0.0472. The topological polar surface area (TPSA) is 368 Å². The molecular formula is C56H86O23. The van der Waals surface area contributed by atoms with Crippen LogP contribution >= 0.6 is 0 Å². The molecule has 4 saturated carbocycles. The van der Waals surface area contributed by atoms with Crippen LogP contribution in [0.1, 0.15) is 114 Å². The minimum absolute atomic E-state index is 0.131. The van der Waals surface area contributed by atoms with Crippen LogP contribution in [-0.2, 0) is 52.3 Å². The van der Waals surface area contributed by atoms with Crippen molar-refractivity contribution >= 4 is 17.9 Å². The second-order valence-electron chi connectivity index (χ2n) is 25.4. The van der Waals surface area contributed by atoms with Gasteiger partial charge in [-0.1, -0.05) is 58.4 Å². The first-order valence-electron chi connectivity index (χ1n) is 27.8. The van der Waals surface area contributed by atoms with Crippen LogP contribution in [0.2, 0.25) is 0 Å².